The lowest BCUT2D eigenvalue weighted by molar-refractivity contribution is -0.109. The van der Waals surface area contributed by atoms with E-state index in [2.05, 4.69) is 11.8 Å². The summed E-state index contributed by atoms with van der Waals surface area (Å²) >= 11 is 1.18. The van der Waals surface area contributed by atoms with Gasteiger partial charge in [-0.2, -0.15) is 0 Å². The standard InChI is InChI=1S/C11H12N2OS/c1-8(14)15-7-3-5-9-4-2-6-10(12)11(9)13/h2,4,6H,7,12-13H2,1H3. The predicted octanol–water partition coefficient (Wildman–Crippen LogP) is 1.48. The van der Waals surface area contributed by atoms with Crippen LogP contribution >= 0.6 is 11.8 Å². The van der Waals surface area contributed by atoms with Gasteiger partial charge < -0.3 is 11.5 Å². The number of anilines is 2. The zero-order valence-electron chi connectivity index (χ0n) is 8.41. The van der Waals surface area contributed by atoms with Crippen molar-refractivity contribution in [3.63, 3.8) is 0 Å². The van der Waals surface area contributed by atoms with Crippen molar-refractivity contribution < 1.29 is 4.79 Å². The van der Waals surface area contributed by atoms with Gasteiger partial charge in [-0.15, -0.1) is 0 Å². The summed E-state index contributed by atoms with van der Waals surface area (Å²) in [6, 6.07) is 5.33. The highest BCUT2D eigenvalue weighted by Gasteiger charge is 1.97. The van der Waals surface area contributed by atoms with E-state index < -0.39 is 0 Å². The largest absolute Gasteiger partial charge is 0.397 e. The molecule has 0 aliphatic rings. The fourth-order valence-corrected chi connectivity index (χ4v) is 1.31. The molecule has 3 nitrogen and oxygen atoms in total. The van der Waals surface area contributed by atoms with Crippen LogP contribution in [-0.4, -0.2) is 10.9 Å². The van der Waals surface area contributed by atoms with Gasteiger partial charge in [-0.1, -0.05) is 29.7 Å². The lowest BCUT2D eigenvalue weighted by Gasteiger charge is -2.00. The number of nitrogens with two attached hydrogens (primary N) is 2. The van der Waals surface area contributed by atoms with Gasteiger partial charge in [-0.05, 0) is 12.1 Å². The summed E-state index contributed by atoms with van der Waals surface area (Å²) in [5, 5.41) is 0.0600. The summed E-state index contributed by atoms with van der Waals surface area (Å²) in [6.07, 6.45) is 0. The Morgan fingerprint density at radius 2 is 2.20 bits per heavy atom. The third kappa shape index (κ3) is 3.56. The van der Waals surface area contributed by atoms with Crippen LogP contribution in [0.2, 0.25) is 0 Å². The lowest BCUT2D eigenvalue weighted by Crippen LogP contribution is -1.96. The van der Waals surface area contributed by atoms with Crippen LogP contribution in [0, 0.1) is 11.8 Å². The number of nitrogen functional groups attached to an aromatic ring is 2. The van der Waals surface area contributed by atoms with Gasteiger partial charge in [0, 0.05) is 12.5 Å². The van der Waals surface area contributed by atoms with Crippen LogP contribution in [-0.2, 0) is 4.79 Å². The van der Waals surface area contributed by atoms with E-state index in [0.717, 1.165) is 0 Å². The van der Waals surface area contributed by atoms with E-state index in [1.165, 1.54) is 18.7 Å². The first-order valence-corrected chi connectivity index (χ1v) is 5.36. The molecule has 4 N–H and O–H groups in total. The normalized spacial score (nSPS) is 9.13. The number of carbonyl (C=O) groups is 1. The molecule has 15 heavy (non-hydrogen) atoms. The van der Waals surface area contributed by atoms with Crippen molar-refractivity contribution in [2.75, 3.05) is 17.2 Å². The van der Waals surface area contributed by atoms with E-state index in [4.69, 9.17) is 11.5 Å². The Bertz CT molecular complexity index is 432. The zero-order valence-corrected chi connectivity index (χ0v) is 9.23. The minimum absolute atomic E-state index is 0.0600. The Balaban J connectivity index is 2.72. The number of benzene rings is 1. The Morgan fingerprint density at radius 1 is 1.47 bits per heavy atom. The fourth-order valence-electron chi connectivity index (χ4n) is 0.961. The summed E-state index contributed by atoms with van der Waals surface area (Å²) in [5.74, 6) is 6.21. The van der Waals surface area contributed by atoms with Gasteiger partial charge in [-0.3, -0.25) is 4.79 Å². The first-order chi connectivity index (χ1) is 7.11. The Kier molecular flexibility index (Phi) is 4.07. The van der Waals surface area contributed by atoms with Crippen LogP contribution in [0.1, 0.15) is 12.5 Å². The monoisotopic (exact) mass is 220 g/mol. The summed E-state index contributed by atoms with van der Waals surface area (Å²) in [6.45, 7) is 1.52. The second-order valence-corrected chi connectivity index (χ2v) is 4.04. The van der Waals surface area contributed by atoms with Crippen molar-refractivity contribution in [2.45, 2.75) is 6.92 Å². The molecule has 4 heteroatoms. The summed E-state index contributed by atoms with van der Waals surface area (Å²) in [4.78, 5) is 10.6. The first kappa shape index (κ1) is 11.5. The Morgan fingerprint density at radius 3 is 2.87 bits per heavy atom. The summed E-state index contributed by atoms with van der Waals surface area (Å²) < 4.78 is 0. The third-order valence-corrected chi connectivity index (χ3v) is 2.41. The zero-order chi connectivity index (χ0) is 11.3. The predicted molar refractivity (Wildman–Crippen MR) is 65.3 cm³/mol. The van der Waals surface area contributed by atoms with Gasteiger partial charge in [0.05, 0.1) is 17.1 Å². The number of carbonyl (C=O) groups excluding carboxylic acids is 1. The molecule has 1 aromatic rings. The van der Waals surface area contributed by atoms with E-state index in [1.54, 1.807) is 18.2 Å². The highest BCUT2D eigenvalue weighted by molar-refractivity contribution is 8.13. The molecular formula is C11H12N2OS. The highest BCUT2D eigenvalue weighted by atomic mass is 32.2. The summed E-state index contributed by atoms with van der Waals surface area (Å²) in [5.41, 5.74) is 13.1. The van der Waals surface area contributed by atoms with Gasteiger partial charge in [0.15, 0.2) is 5.12 Å². The Hall–Kier alpha value is -1.60. The van der Waals surface area contributed by atoms with Crippen molar-refractivity contribution >= 4 is 28.3 Å². The van der Waals surface area contributed by atoms with E-state index in [9.17, 15) is 4.79 Å². The van der Waals surface area contributed by atoms with Crippen molar-refractivity contribution in [1.82, 2.24) is 0 Å². The molecule has 0 saturated carbocycles. The second kappa shape index (κ2) is 5.32. The van der Waals surface area contributed by atoms with Crippen LogP contribution in [0.4, 0.5) is 11.4 Å². The average molecular weight is 220 g/mol. The molecule has 0 fully saturated rings. The van der Waals surface area contributed by atoms with Crippen LogP contribution < -0.4 is 11.5 Å². The summed E-state index contributed by atoms with van der Waals surface area (Å²) in [7, 11) is 0. The molecule has 0 aliphatic carbocycles. The topological polar surface area (TPSA) is 69.1 Å². The van der Waals surface area contributed by atoms with E-state index in [1.807, 2.05) is 0 Å². The van der Waals surface area contributed by atoms with Gasteiger partial charge in [-0.25, -0.2) is 0 Å². The molecular weight excluding hydrogens is 208 g/mol. The van der Waals surface area contributed by atoms with Crippen molar-refractivity contribution in [2.24, 2.45) is 0 Å². The van der Waals surface area contributed by atoms with E-state index in [0.29, 0.717) is 22.7 Å². The molecule has 0 spiro atoms. The van der Waals surface area contributed by atoms with Crippen molar-refractivity contribution in [3.05, 3.63) is 23.8 Å². The third-order valence-electron chi connectivity index (χ3n) is 1.71. The van der Waals surface area contributed by atoms with Crippen molar-refractivity contribution in [1.29, 1.82) is 0 Å². The molecule has 0 amide bonds. The van der Waals surface area contributed by atoms with Crippen LogP contribution in [0.3, 0.4) is 0 Å². The molecule has 0 aliphatic heterocycles. The van der Waals surface area contributed by atoms with Crippen LogP contribution in [0.15, 0.2) is 18.2 Å². The number of rotatable bonds is 1. The number of thioether (sulfide) groups is 1. The molecule has 0 atom stereocenters. The molecule has 1 aromatic carbocycles. The minimum atomic E-state index is 0.0600. The maximum absolute atomic E-state index is 10.6. The van der Waals surface area contributed by atoms with E-state index in [-0.39, 0.29) is 5.12 Å². The molecule has 1 rings (SSSR count). The average Bonchev–Trinajstić information content (AvgIpc) is 2.18. The second-order valence-electron chi connectivity index (χ2n) is 2.89. The maximum atomic E-state index is 10.6. The molecule has 0 heterocycles. The van der Waals surface area contributed by atoms with Gasteiger partial charge >= 0.3 is 0 Å². The van der Waals surface area contributed by atoms with E-state index >= 15 is 0 Å². The quantitative estimate of drug-likeness (QED) is 0.555. The molecule has 0 aromatic heterocycles. The molecule has 78 valence electrons. The van der Waals surface area contributed by atoms with Gasteiger partial charge in [0.2, 0.25) is 0 Å². The van der Waals surface area contributed by atoms with Crippen molar-refractivity contribution in [3.8, 4) is 11.8 Å². The van der Waals surface area contributed by atoms with Gasteiger partial charge in [0.25, 0.3) is 0 Å². The maximum Gasteiger partial charge on any atom is 0.186 e. The van der Waals surface area contributed by atoms with Gasteiger partial charge in [0.1, 0.15) is 0 Å². The molecule has 0 bridgehead atoms. The SMILES string of the molecule is CC(=O)SCC#Cc1cccc(N)c1N. The number of hydrogen-bond acceptors (Lipinski definition) is 4. The van der Waals surface area contributed by atoms with Crippen LogP contribution in [0.25, 0.3) is 0 Å². The minimum Gasteiger partial charge on any atom is -0.397 e. The molecule has 0 saturated heterocycles. The number of para-hydroxylation sites is 1. The van der Waals surface area contributed by atoms with Crippen LogP contribution in [0.5, 0.6) is 0 Å². The fraction of sp³-hybridized carbons (Fsp3) is 0.182. The molecule has 0 unspecified atom stereocenters. The smallest absolute Gasteiger partial charge is 0.186 e. The first-order valence-electron chi connectivity index (χ1n) is 4.37. The highest BCUT2D eigenvalue weighted by Crippen LogP contribution is 2.17. The number of hydrogen-bond donors (Lipinski definition) is 2. The lowest BCUT2D eigenvalue weighted by atomic mass is 10.1. The molecule has 0 radical (unpaired) electrons. The Labute approximate surface area is 93.2 Å².